The van der Waals surface area contributed by atoms with Crippen molar-refractivity contribution in [2.24, 2.45) is 0 Å². The van der Waals surface area contributed by atoms with Crippen LogP contribution in [-0.2, 0) is 5.41 Å². The van der Waals surface area contributed by atoms with E-state index in [1.807, 2.05) is 36.7 Å². The normalized spacial score (nSPS) is 13.0. The van der Waals surface area contributed by atoms with E-state index in [4.69, 9.17) is 0 Å². The molecule has 6 aromatic carbocycles. The zero-order chi connectivity index (χ0) is 34.7. The summed E-state index contributed by atoms with van der Waals surface area (Å²) in [5, 5.41) is 21.6. The fourth-order valence-corrected chi connectivity index (χ4v) is 7.86. The lowest BCUT2D eigenvalue weighted by atomic mass is 9.73. The Bertz CT molecular complexity index is 2640. The third-order valence-corrected chi connectivity index (χ3v) is 10.3. The Morgan fingerprint density at radius 3 is 1.80 bits per heavy atom. The van der Waals surface area contributed by atoms with E-state index in [2.05, 4.69) is 150 Å². The molecular formula is C46H31N5. The molecule has 5 nitrogen and oxygen atoms in total. The van der Waals surface area contributed by atoms with Gasteiger partial charge in [0.05, 0.1) is 45.7 Å². The van der Waals surface area contributed by atoms with Gasteiger partial charge >= 0.3 is 0 Å². The van der Waals surface area contributed by atoms with E-state index in [0.717, 1.165) is 66.8 Å². The van der Waals surface area contributed by atoms with Crippen molar-refractivity contribution >= 4 is 38.9 Å². The monoisotopic (exact) mass is 653 g/mol. The van der Waals surface area contributed by atoms with Gasteiger partial charge in [0, 0.05) is 40.0 Å². The molecular weight excluding hydrogens is 623 g/mol. The molecule has 0 saturated heterocycles. The van der Waals surface area contributed by atoms with E-state index in [0.29, 0.717) is 11.1 Å². The maximum atomic E-state index is 9.69. The van der Waals surface area contributed by atoms with E-state index in [9.17, 15) is 10.5 Å². The third kappa shape index (κ3) is 4.79. The molecule has 8 aromatic rings. The average molecular weight is 654 g/mol. The largest absolute Gasteiger partial charge is 0.310 e. The standard InChI is InChI=1S/C46H31N5/c1-46(2)40-13-4-7-16-44(40)51(45-17-8-5-14-41(45)46)37-25-35(33-11-9-10-32(23-33)34-21-30(27-47)20-31(22-34)28-48)24-36(26-37)50-42-15-6-3-12-38(42)39-29-49-19-18-43(39)50/h3-26,29H,1-2H3. The molecule has 240 valence electrons. The van der Waals surface area contributed by atoms with E-state index in [1.165, 1.54) is 11.1 Å². The van der Waals surface area contributed by atoms with Gasteiger partial charge in [-0.05, 0) is 100 Å². The molecule has 0 fully saturated rings. The van der Waals surface area contributed by atoms with Crippen LogP contribution in [0.15, 0.2) is 152 Å². The Balaban J connectivity index is 1.33. The highest BCUT2D eigenvalue weighted by Gasteiger charge is 2.36. The third-order valence-electron chi connectivity index (χ3n) is 10.3. The SMILES string of the molecule is CC1(C)c2ccccc2N(c2cc(-c3cccc(-c4cc(C#N)cc(C#N)c4)c3)cc(-n3c4ccccc4c4cnccc43)c2)c2ccccc21. The van der Waals surface area contributed by atoms with Crippen molar-refractivity contribution in [3.63, 3.8) is 0 Å². The fourth-order valence-electron chi connectivity index (χ4n) is 7.86. The molecule has 5 heteroatoms. The van der Waals surface area contributed by atoms with Crippen LogP contribution in [0.3, 0.4) is 0 Å². The summed E-state index contributed by atoms with van der Waals surface area (Å²) in [5.41, 5.74) is 13.7. The highest BCUT2D eigenvalue weighted by molar-refractivity contribution is 6.09. The minimum absolute atomic E-state index is 0.182. The molecule has 0 amide bonds. The Hall–Kier alpha value is -6.95. The number of para-hydroxylation sites is 3. The fraction of sp³-hybridized carbons (Fsp3) is 0.0652. The summed E-state index contributed by atoms with van der Waals surface area (Å²) < 4.78 is 2.34. The second kappa shape index (κ2) is 11.6. The van der Waals surface area contributed by atoms with Crippen LogP contribution < -0.4 is 4.90 Å². The van der Waals surface area contributed by atoms with Gasteiger partial charge in [0.2, 0.25) is 0 Å². The molecule has 0 radical (unpaired) electrons. The molecule has 0 N–H and O–H groups in total. The zero-order valence-electron chi connectivity index (χ0n) is 28.2. The van der Waals surface area contributed by atoms with Crippen LogP contribution in [0.4, 0.5) is 17.1 Å². The van der Waals surface area contributed by atoms with Gasteiger partial charge in [-0.2, -0.15) is 10.5 Å². The second-order valence-corrected chi connectivity index (χ2v) is 13.6. The first kappa shape index (κ1) is 30.1. The van der Waals surface area contributed by atoms with Crippen molar-refractivity contribution in [1.82, 2.24) is 9.55 Å². The van der Waals surface area contributed by atoms with Gasteiger partial charge in [0.25, 0.3) is 0 Å². The Kier molecular flexibility index (Phi) is 6.85. The first-order valence-electron chi connectivity index (χ1n) is 17.0. The summed E-state index contributed by atoms with van der Waals surface area (Å²) in [7, 11) is 0. The lowest BCUT2D eigenvalue weighted by Gasteiger charge is -2.42. The molecule has 1 aliphatic rings. The Morgan fingerprint density at radius 2 is 1.12 bits per heavy atom. The molecule has 0 spiro atoms. The number of hydrogen-bond acceptors (Lipinski definition) is 4. The van der Waals surface area contributed by atoms with Gasteiger partial charge in [0.1, 0.15) is 0 Å². The van der Waals surface area contributed by atoms with Gasteiger partial charge in [0.15, 0.2) is 0 Å². The second-order valence-electron chi connectivity index (χ2n) is 13.6. The van der Waals surface area contributed by atoms with Crippen molar-refractivity contribution in [1.29, 1.82) is 10.5 Å². The van der Waals surface area contributed by atoms with Crippen LogP contribution in [-0.4, -0.2) is 9.55 Å². The summed E-state index contributed by atoms with van der Waals surface area (Å²) in [4.78, 5) is 6.89. The number of pyridine rings is 1. The molecule has 9 rings (SSSR count). The number of rotatable bonds is 4. The molecule has 51 heavy (non-hydrogen) atoms. The van der Waals surface area contributed by atoms with Crippen LogP contribution in [0.1, 0.15) is 36.1 Å². The van der Waals surface area contributed by atoms with Crippen molar-refractivity contribution in [2.75, 3.05) is 4.90 Å². The predicted molar refractivity (Wildman–Crippen MR) is 206 cm³/mol. The number of benzene rings is 6. The molecule has 0 aliphatic carbocycles. The predicted octanol–water partition coefficient (Wildman–Crippen LogP) is 11.4. The molecule has 3 heterocycles. The molecule has 0 unspecified atom stereocenters. The number of nitrogens with zero attached hydrogens (tertiary/aromatic N) is 5. The van der Waals surface area contributed by atoms with Crippen molar-refractivity contribution in [2.45, 2.75) is 19.3 Å². The number of nitriles is 2. The summed E-state index contributed by atoms with van der Waals surface area (Å²) in [6.07, 6.45) is 3.81. The van der Waals surface area contributed by atoms with Crippen LogP contribution in [0.5, 0.6) is 0 Å². The highest BCUT2D eigenvalue weighted by Crippen LogP contribution is 2.52. The van der Waals surface area contributed by atoms with Gasteiger partial charge < -0.3 is 9.47 Å². The average Bonchev–Trinajstić information content (AvgIpc) is 3.52. The van der Waals surface area contributed by atoms with E-state index in [-0.39, 0.29) is 5.41 Å². The number of anilines is 3. The molecule has 0 atom stereocenters. The number of aromatic nitrogens is 2. The van der Waals surface area contributed by atoms with Gasteiger partial charge in [-0.25, -0.2) is 0 Å². The molecule has 0 saturated carbocycles. The van der Waals surface area contributed by atoms with Crippen LogP contribution in [0.25, 0.3) is 49.7 Å². The van der Waals surface area contributed by atoms with Gasteiger partial charge in [-0.1, -0.05) is 86.6 Å². The Morgan fingerprint density at radius 1 is 0.529 bits per heavy atom. The minimum Gasteiger partial charge on any atom is -0.310 e. The summed E-state index contributed by atoms with van der Waals surface area (Å²) >= 11 is 0. The molecule has 1 aliphatic heterocycles. The minimum atomic E-state index is -0.182. The number of fused-ring (bicyclic) bond motifs is 5. The quantitative estimate of drug-likeness (QED) is 0.190. The lowest BCUT2D eigenvalue weighted by Crippen LogP contribution is -2.30. The van der Waals surface area contributed by atoms with Crippen molar-refractivity contribution < 1.29 is 0 Å². The van der Waals surface area contributed by atoms with Crippen molar-refractivity contribution in [3.8, 4) is 40.1 Å². The van der Waals surface area contributed by atoms with Crippen LogP contribution in [0, 0.1) is 22.7 Å². The number of hydrogen-bond donors (Lipinski definition) is 0. The topological polar surface area (TPSA) is 68.6 Å². The van der Waals surface area contributed by atoms with Crippen molar-refractivity contribution in [3.05, 3.63) is 174 Å². The van der Waals surface area contributed by atoms with E-state index >= 15 is 0 Å². The van der Waals surface area contributed by atoms with E-state index in [1.54, 1.807) is 6.07 Å². The summed E-state index contributed by atoms with van der Waals surface area (Å²) in [5.74, 6) is 0. The van der Waals surface area contributed by atoms with E-state index < -0.39 is 0 Å². The van der Waals surface area contributed by atoms with Crippen LogP contribution in [0.2, 0.25) is 0 Å². The van der Waals surface area contributed by atoms with Gasteiger partial charge in [-0.15, -0.1) is 0 Å². The summed E-state index contributed by atoms with van der Waals surface area (Å²) in [6, 6.07) is 52.9. The van der Waals surface area contributed by atoms with Crippen LogP contribution >= 0.6 is 0 Å². The Labute approximate surface area is 296 Å². The first-order chi connectivity index (χ1) is 24.9. The zero-order valence-corrected chi connectivity index (χ0v) is 28.2. The lowest BCUT2D eigenvalue weighted by molar-refractivity contribution is 0.632. The maximum Gasteiger partial charge on any atom is 0.0992 e. The highest BCUT2D eigenvalue weighted by atomic mass is 15.2. The molecule has 2 aromatic heterocycles. The molecule has 0 bridgehead atoms. The first-order valence-corrected chi connectivity index (χ1v) is 17.0. The smallest absolute Gasteiger partial charge is 0.0992 e. The summed E-state index contributed by atoms with van der Waals surface area (Å²) in [6.45, 7) is 4.61. The van der Waals surface area contributed by atoms with Gasteiger partial charge in [-0.3, -0.25) is 4.98 Å². The maximum absolute atomic E-state index is 9.69.